The fourth-order valence-corrected chi connectivity index (χ4v) is 4.39. The Morgan fingerprint density at radius 2 is 1.82 bits per heavy atom. The standard InChI is InChI=1S/C24H28N2O2/c1-28-23-11-8-18(9-12-23)10-13-24(27)25-21-7-4-14-26(17-21)22-15-19-5-2-3-6-20(19)16-22/h2-3,5-6,8-13,21-22H,4,7,14-17H2,1H3,(H,25,27)/b13-10+/t21-/m1/s1. The SMILES string of the molecule is COc1ccc(/C=C/C(=O)N[C@@H]2CCCN(C3Cc4ccccc4C3)C2)cc1. The molecule has 2 aromatic rings. The van der Waals surface area contributed by atoms with E-state index in [1.54, 1.807) is 13.2 Å². The zero-order valence-corrected chi connectivity index (χ0v) is 16.4. The summed E-state index contributed by atoms with van der Waals surface area (Å²) in [7, 11) is 1.65. The first-order valence-corrected chi connectivity index (χ1v) is 10.1. The molecule has 1 atom stereocenters. The molecule has 146 valence electrons. The topological polar surface area (TPSA) is 41.6 Å². The Labute approximate surface area is 167 Å². The molecule has 1 saturated heterocycles. The van der Waals surface area contributed by atoms with Crippen molar-refractivity contribution in [1.82, 2.24) is 10.2 Å². The number of ether oxygens (including phenoxy) is 1. The van der Waals surface area contributed by atoms with Gasteiger partial charge in [0, 0.05) is 24.7 Å². The second-order valence-electron chi connectivity index (χ2n) is 7.78. The van der Waals surface area contributed by atoms with Crippen LogP contribution in [0, 0.1) is 0 Å². The molecule has 2 aliphatic rings. The maximum absolute atomic E-state index is 12.4. The van der Waals surface area contributed by atoms with Crippen molar-refractivity contribution in [3.63, 3.8) is 0 Å². The second kappa shape index (κ2) is 8.61. The van der Waals surface area contributed by atoms with E-state index in [9.17, 15) is 4.79 Å². The number of methoxy groups -OCH3 is 1. The lowest BCUT2D eigenvalue weighted by Crippen LogP contribution is -2.51. The second-order valence-corrected chi connectivity index (χ2v) is 7.78. The van der Waals surface area contributed by atoms with Crippen LogP contribution in [0.4, 0.5) is 0 Å². The molecule has 0 radical (unpaired) electrons. The summed E-state index contributed by atoms with van der Waals surface area (Å²) in [5, 5.41) is 3.19. The normalized spacial score (nSPS) is 20.2. The molecule has 4 nitrogen and oxygen atoms in total. The Morgan fingerprint density at radius 3 is 2.50 bits per heavy atom. The van der Waals surface area contributed by atoms with Gasteiger partial charge in [-0.05, 0) is 67.1 Å². The first-order chi connectivity index (χ1) is 13.7. The maximum atomic E-state index is 12.4. The van der Waals surface area contributed by atoms with Crippen molar-refractivity contribution in [3.8, 4) is 5.75 Å². The van der Waals surface area contributed by atoms with Gasteiger partial charge in [-0.1, -0.05) is 36.4 Å². The summed E-state index contributed by atoms with van der Waals surface area (Å²) in [6.45, 7) is 2.08. The van der Waals surface area contributed by atoms with E-state index in [0.717, 1.165) is 50.1 Å². The van der Waals surface area contributed by atoms with E-state index in [-0.39, 0.29) is 11.9 Å². The van der Waals surface area contributed by atoms with E-state index >= 15 is 0 Å². The summed E-state index contributed by atoms with van der Waals surface area (Å²) in [5.41, 5.74) is 3.96. The number of rotatable bonds is 5. The van der Waals surface area contributed by atoms with Crippen LogP contribution < -0.4 is 10.1 Å². The lowest BCUT2D eigenvalue weighted by atomic mass is 10.0. The van der Waals surface area contributed by atoms with E-state index in [2.05, 4.69) is 34.5 Å². The molecule has 0 saturated carbocycles. The fourth-order valence-electron chi connectivity index (χ4n) is 4.39. The molecule has 1 fully saturated rings. The third kappa shape index (κ3) is 4.45. The molecule has 0 aromatic heterocycles. The van der Waals surface area contributed by atoms with Crippen molar-refractivity contribution in [2.75, 3.05) is 20.2 Å². The van der Waals surface area contributed by atoms with Gasteiger partial charge < -0.3 is 10.1 Å². The minimum absolute atomic E-state index is 0.0163. The van der Waals surface area contributed by atoms with Crippen molar-refractivity contribution in [2.24, 2.45) is 0 Å². The first-order valence-electron chi connectivity index (χ1n) is 10.1. The van der Waals surface area contributed by atoms with Crippen LogP contribution in [0.15, 0.2) is 54.6 Å². The number of hydrogen-bond acceptors (Lipinski definition) is 3. The highest BCUT2D eigenvalue weighted by molar-refractivity contribution is 5.91. The van der Waals surface area contributed by atoms with Crippen LogP contribution in [0.25, 0.3) is 6.08 Å². The molecule has 0 bridgehead atoms. The summed E-state index contributed by atoms with van der Waals surface area (Å²) in [6, 6.07) is 17.3. The van der Waals surface area contributed by atoms with Crippen molar-refractivity contribution in [3.05, 3.63) is 71.3 Å². The fraction of sp³-hybridized carbons (Fsp3) is 0.375. The van der Waals surface area contributed by atoms with Gasteiger partial charge in [0.25, 0.3) is 0 Å². The highest BCUT2D eigenvalue weighted by atomic mass is 16.5. The molecule has 1 aliphatic carbocycles. The summed E-state index contributed by atoms with van der Waals surface area (Å²) in [5.74, 6) is 0.801. The lowest BCUT2D eigenvalue weighted by molar-refractivity contribution is -0.117. The average molecular weight is 377 g/mol. The van der Waals surface area contributed by atoms with Gasteiger partial charge in [-0.2, -0.15) is 0 Å². The van der Waals surface area contributed by atoms with Crippen LogP contribution in [0.1, 0.15) is 29.5 Å². The van der Waals surface area contributed by atoms with Gasteiger partial charge in [0.05, 0.1) is 7.11 Å². The number of likely N-dealkylation sites (tertiary alicyclic amines) is 1. The molecular formula is C24H28N2O2. The van der Waals surface area contributed by atoms with Crippen molar-refractivity contribution in [2.45, 2.75) is 37.8 Å². The highest BCUT2D eigenvalue weighted by Crippen LogP contribution is 2.27. The molecule has 2 aromatic carbocycles. The van der Waals surface area contributed by atoms with Gasteiger partial charge in [0.15, 0.2) is 0 Å². The van der Waals surface area contributed by atoms with Gasteiger partial charge >= 0.3 is 0 Å². The Kier molecular flexibility index (Phi) is 5.77. The minimum Gasteiger partial charge on any atom is -0.497 e. The highest BCUT2D eigenvalue weighted by Gasteiger charge is 2.30. The summed E-state index contributed by atoms with van der Waals surface area (Å²) < 4.78 is 5.16. The van der Waals surface area contributed by atoms with E-state index in [4.69, 9.17) is 4.74 Å². The van der Waals surface area contributed by atoms with E-state index in [1.165, 1.54) is 11.1 Å². The van der Waals surface area contributed by atoms with E-state index in [1.807, 2.05) is 30.3 Å². The number of piperidine rings is 1. The van der Waals surface area contributed by atoms with Crippen LogP contribution in [0.2, 0.25) is 0 Å². The quantitative estimate of drug-likeness (QED) is 0.813. The summed E-state index contributed by atoms with van der Waals surface area (Å²) in [6.07, 6.45) is 7.94. The van der Waals surface area contributed by atoms with Gasteiger partial charge in [-0.3, -0.25) is 9.69 Å². The van der Waals surface area contributed by atoms with Crippen molar-refractivity contribution < 1.29 is 9.53 Å². The molecule has 28 heavy (non-hydrogen) atoms. The molecule has 0 spiro atoms. The first kappa shape index (κ1) is 18.8. The van der Waals surface area contributed by atoms with Crippen LogP contribution in [0.3, 0.4) is 0 Å². The predicted molar refractivity (Wildman–Crippen MR) is 112 cm³/mol. The average Bonchev–Trinajstić information content (AvgIpc) is 3.17. The largest absolute Gasteiger partial charge is 0.497 e. The number of nitrogens with zero attached hydrogens (tertiary/aromatic N) is 1. The van der Waals surface area contributed by atoms with Gasteiger partial charge in [-0.25, -0.2) is 0 Å². The Bertz CT molecular complexity index is 819. The van der Waals surface area contributed by atoms with E-state index in [0.29, 0.717) is 6.04 Å². The molecule has 0 unspecified atom stereocenters. The minimum atomic E-state index is -0.0163. The van der Waals surface area contributed by atoms with Crippen LogP contribution in [-0.4, -0.2) is 43.1 Å². The summed E-state index contributed by atoms with van der Waals surface area (Å²) >= 11 is 0. The Hall–Kier alpha value is -2.59. The molecule has 1 N–H and O–H groups in total. The number of benzene rings is 2. The summed E-state index contributed by atoms with van der Waals surface area (Å²) in [4.78, 5) is 14.9. The molecule has 4 rings (SSSR count). The van der Waals surface area contributed by atoms with Gasteiger partial charge in [0.2, 0.25) is 5.91 Å². The van der Waals surface area contributed by atoms with E-state index < -0.39 is 0 Å². The van der Waals surface area contributed by atoms with Crippen molar-refractivity contribution >= 4 is 12.0 Å². The third-order valence-electron chi connectivity index (χ3n) is 5.89. The maximum Gasteiger partial charge on any atom is 0.244 e. The van der Waals surface area contributed by atoms with Gasteiger partial charge in [0.1, 0.15) is 5.75 Å². The Balaban J connectivity index is 1.30. The van der Waals surface area contributed by atoms with Crippen molar-refractivity contribution in [1.29, 1.82) is 0 Å². The molecule has 1 amide bonds. The molecule has 1 aliphatic heterocycles. The number of fused-ring (bicyclic) bond motifs is 1. The number of amides is 1. The van der Waals surface area contributed by atoms with Crippen LogP contribution >= 0.6 is 0 Å². The number of nitrogens with one attached hydrogen (secondary N) is 1. The molecular weight excluding hydrogens is 348 g/mol. The van der Waals surface area contributed by atoms with Crippen LogP contribution in [-0.2, 0) is 17.6 Å². The van der Waals surface area contributed by atoms with Gasteiger partial charge in [-0.15, -0.1) is 0 Å². The molecule has 1 heterocycles. The number of carbonyl (C=O) groups excluding carboxylic acids is 1. The third-order valence-corrected chi connectivity index (χ3v) is 5.89. The van der Waals surface area contributed by atoms with Crippen LogP contribution in [0.5, 0.6) is 5.75 Å². The predicted octanol–water partition coefficient (Wildman–Crippen LogP) is 3.46. The zero-order chi connectivity index (χ0) is 19.3. The Morgan fingerprint density at radius 1 is 1.11 bits per heavy atom. The smallest absolute Gasteiger partial charge is 0.244 e. The lowest BCUT2D eigenvalue weighted by Gasteiger charge is -2.37. The monoisotopic (exact) mass is 376 g/mol. The zero-order valence-electron chi connectivity index (χ0n) is 16.4. The molecule has 4 heteroatoms. The number of carbonyl (C=O) groups is 1. The number of hydrogen-bond donors (Lipinski definition) is 1.